The van der Waals surface area contributed by atoms with Crippen LogP contribution < -0.4 is 0 Å². The second kappa shape index (κ2) is 14.1. The van der Waals surface area contributed by atoms with E-state index < -0.39 is 0 Å². The van der Waals surface area contributed by atoms with Crippen LogP contribution in [-0.2, 0) is 10.8 Å². The van der Waals surface area contributed by atoms with Gasteiger partial charge in [0.05, 0.1) is 0 Å². The van der Waals surface area contributed by atoms with Gasteiger partial charge in [-0.3, -0.25) is 0 Å². The molecule has 0 heterocycles. The van der Waals surface area contributed by atoms with Crippen LogP contribution in [0, 0.1) is 11.8 Å². The molecular weight excluding hydrogens is 781 g/mol. The summed E-state index contributed by atoms with van der Waals surface area (Å²) in [5.41, 5.74) is 25.9. The maximum atomic E-state index is 3.39. The molecule has 0 amide bonds. The second-order valence-electron chi connectivity index (χ2n) is 20.0. The van der Waals surface area contributed by atoms with Crippen LogP contribution in [0.1, 0.15) is 90.1 Å². The Bertz CT molecular complexity index is 3410. The van der Waals surface area contributed by atoms with Crippen molar-refractivity contribution >= 4 is 44.8 Å². The Labute approximate surface area is 383 Å². The zero-order chi connectivity index (χ0) is 43.6. The molecule has 0 aromatic heterocycles. The molecule has 0 nitrogen and oxygen atoms in total. The van der Waals surface area contributed by atoms with E-state index in [1.165, 1.54) is 116 Å². The minimum atomic E-state index is -0.137. The fourth-order valence-electron chi connectivity index (χ4n) is 12.5. The highest BCUT2D eigenvalue weighted by atomic mass is 14.4. The van der Waals surface area contributed by atoms with Crippen molar-refractivity contribution in [3.63, 3.8) is 0 Å². The average molecular weight is 831 g/mol. The van der Waals surface area contributed by atoms with Crippen molar-refractivity contribution in [1.29, 1.82) is 0 Å². The first-order valence-corrected chi connectivity index (χ1v) is 23.5. The van der Waals surface area contributed by atoms with Crippen molar-refractivity contribution < 1.29 is 0 Å². The van der Waals surface area contributed by atoms with Crippen molar-refractivity contribution in [3.8, 4) is 33.4 Å². The van der Waals surface area contributed by atoms with Crippen LogP contribution in [0.3, 0.4) is 0 Å². The molecule has 6 aliphatic rings. The third-order valence-electron chi connectivity index (χ3n) is 15.8. The fraction of sp³-hybridized carbons (Fsp3) is 0.154. The van der Waals surface area contributed by atoms with E-state index in [0.29, 0.717) is 11.8 Å². The highest BCUT2D eigenvalue weighted by Gasteiger charge is 2.39. The molecule has 13 rings (SSSR count). The lowest BCUT2D eigenvalue weighted by Crippen LogP contribution is -2.15. The van der Waals surface area contributed by atoms with Gasteiger partial charge in [0.15, 0.2) is 0 Å². The summed E-state index contributed by atoms with van der Waals surface area (Å²) in [4.78, 5) is 0. The Kier molecular flexibility index (Phi) is 8.31. The first kappa shape index (κ1) is 38.2. The number of hydrogen-bond acceptors (Lipinski definition) is 0. The SMILES string of the molecule is CC1(C)c2ccccc2-c2cc3c(-c4ccc(C5=CC=CC6C=CC=CC56)cc4)c4cc5c(cc4c(C4=CCC(c6cccc7c6C=C=CC=C7)C=C4)c3cc21)C(C)(C)c1ccccc1-5. The Morgan fingerprint density at radius 3 is 1.83 bits per heavy atom. The molecule has 0 N–H and O–H groups in total. The van der Waals surface area contributed by atoms with E-state index in [1.54, 1.807) is 0 Å². The molecule has 0 saturated heterocycles. The molecule has 65 heavy (non-hydrogen) atoms. The number of benzene rings is 7. The van der Waals surface area contributed by atoms with Gasteiger partial charge in [-0.2, -0.15) is 0 Å². The number of rotatable bonds is 4. The van der Waals surface area contributed by atoms with Gasteiger partial charge in [0.25, 0.3) is 0 Å². The number of hydrogen-bond donors (Lipinski definition) is 0. The average Bonchev–Trinajstić information content (AvgIpc) is 3.53. The summed E-state index contributed by atoms with van der Waals surface area (Å²) in [5, 5.41) is 5.27. The summed E-state index contributed by atoms with van der Waals surface area (Å²) in [7, 11) is 0. The van der Waals surface area contributed by atoms with Gasteiger partial charge in [0.1, 0.15) is 0 Å². The molecule has 0 spiro atoms. The third-order valence-corrected chi connectivity index (χ3v) is 15.8. The summed E-state index contributed by atoms with van der Waals surface area (Å²) in [5.74, 6) is 1.03. The molecule has 0 bridgehead atoms. The van der Waals surface area contributed by atoms with Crippen LogP contribution in [0.15, 0.2) is 194 Å². The van der Waals surface area contributed by atoms with Crippen LogP contribution in [0.4, 0.5) is 0 Å². The summed E-state index contributed by atoms with van der Waals surface area (Å²) in [6.07, 6.45) is 32.8. The molecule has 7 aromatic carbocycles. The number of fused-ring (bicyclic) bond motifs is 10. The molecule has 0 heteroatoms. The van der Waals surface area contributed by atoms with Crippen molar-refractivity contribution in [2.24, 2.45) is 11.8 Å². The van der Waals surface area contributed by atoms with Crippen LogP contribution in [0.2, 0.25) is 0 Å². The van der Waals surface area contributed by atoms with E-state index in [2.05, 4.69) is 228 Å². The lowest BCUT2D eigenvalue weighted by molar-refractivity contribution is 0.661. The largest absolute Gasteiger partial charge is 0.120 e. The third kappa shape index (κ3) is 5.64. The molecule has 0 saturated carbocycles. The molecule has 3 atom stereocenters. The van der Waals surface area contributed by atoms with Crippen molar-refractivity contribution in [2.45, 2.75) is 50.9 Å². The van der Waals surface area contributed by atoms with Crippen molar-refractivity contribution in [3.05, 3.63) is 244 Å². The molecule has 0 fully saturated rings. The van der Waals surface area contributed by atoms with Gasteiger partial charge in [-0.25, -0.2) is 0 Å². The zero-order valence-electron chi connectivity index (χ0n) is 37.5. The summed E-state index contributed by atoms with van der Waals surface area (Å²) in [6, 6.07) is 44.8. The zero-order valence-corrected chi connectivity index (χ0v) is 37.5. The topological polar surface area (TPSA) is 0 Å². The predicted molar refractivity (Wildman–Crippen MR) is 277 cm³/mol. The van der Waals surface area contributed by atoms with E-state index >= 15 is 0 Å². The van der Waals surface area contributed by atoms with E-state index in [0.717, 1.165) is 6.42 Å². The maximum Gasteiger partial charge on any atom is 0.0159 e. The van der Waals surface area contributed by atoms with E-state index in [9.17, 15) is 0 Å². The minimum absolute atomic E-state index is 0.137. The lowest BCUT2D eigenvalue weighted by atomic mass is 9.76. The normalized spacial score (nSPS) is 20.8. The van der Waals surface area contributed by atoms with Gasteiger partial charge in [-0.1, -0.05) is 192 Å². The van der Waals surface area contributed by atoms with Gasteiger partial charge in [-0.05, 0) is 159 Å². The second-order valence-corrected chi connectivity index (χ2v) is 20.0. The maximum absolute atomic E-state index is 3.39. The van der Waals surface area contributed by atoms with Crippen molar-refractivity contribution in [1.82, 2.24) is 0 Å². The summed E-state index contributed by atoms with van der Waals surface area (Å²) < 4.78 is 0. The molecule has 310 valence electrons. The van der Waals surface area contributed by atoms with E-state index in [1.807, 2.05) is 6.08 Å². The van der Waals surface area contributed by atoms with E-state index in [-0.39, 0.29) is 16.7 Å². The standard InChI is InChI=1S/C65H50/c1-64(2)58-26-12-10-22-50(58)52-36-54-56(38-60(52)64)63(45-34-30-42(31-35-45)48-24-14-18-40-16-6-5-7-20-46(40)48)57-39-61-53(51-23-11-13-27-59(51)65(61,3)4)37-55(57)62(54)44-32-28-43(29-33-44)49-25-15-19-41-17-8-9-21-47(41)49/h5-6,8-30,32-39,41-42,47H,31H2,1-4H3. The highest BCUT2D eigenvalue weighted by molar-refractivity contribution is 6.22. The Balaban J connectivity index is 1.08. The minimum Gasteiger partial charge on any atom is -0.120 e. The van der Waals surface area contributed by atoms with Crippen LogP contribution in [-0.4, -0.2) is 0 Å². The molecular formula is C65H50. The predicted octanol–water partition coefficient (Wildman–Crippen LogP) is 16.9. The summed E-state index contributed by atoms with van der Waals surface area (Å²) >= 11 is 0. The lowest BCUT2D eigenvalue weighted by Gasteiger charge is -2.28. The Morgan fingerprint density at radius 2 is 1.15 bits per heavy atom. The van der Waals surface area contributed by atoms with Gasteiger partial charge >= 0.3 is 0 Å². The highest BCUT2D eigenvalue weighted by Crippen LogP contribution is 2.56. The Morgan fingerprint density at radius 1 is 0.523 bits per heavy atom. The quantitative estimate of drug-likeness (QED) is 0.122. The molecule has 6 aliphatic carbocycles. The molecule has 0 radical (unpaired) electrons. The molecule has 0 aliphatic heterocycles. The first-order chi connectivity index (χ1) is 31.8. The van der Waals surface area contributed by atoms with Crippen LogP contribution in [0.25, 0.3) is 78.2 Å². The smallest absolute Gasteiger partial charge is 0.0159 e. The molecule has 3 unspecified atom stereocenters. The van der Waals surface area contributed by atoms with Gasteiger partial charge in [0, 0.05) is 28.6 Å². The van der Waals surface area contributed by atoms with Crippen LogP contribution in [0.5, 0.6) is 0 Å². The monoisotopic (exact) mass is 830 g/mol. The van der Waals surface area contributed by atoms with Crippen LogP contribution >= 0.6 is 0 Å². The van der Waals surface area contributed by atoms with Gasteiger partial charge in [-0.15, -0.1) is 5.73 Å². The van der Waals surface area contributed by atoms with Crippen molar-refractivity contribution in [2.75, 3.05) is 0 Å². The molecule has 7 aromatic rings. The van der Waals surface area contributed by atoms with Gasteiger partial charge < -0.3 is 0 Å². The van der Waals surface area contributed by atoms with Gasteiger partial charge in [0.2, 0.25) is 0 Å². The number of allylic oxidation sites excluding steroid dienone is 14. The summed E-state index contributed by atoms with van der Waals surface area (Å²) in [6.45, 7) is 9.66. The first-order valence-electron chi connectivity index (χ1n) is 23.5. The fourth-order valence-corrected chi connectivity index (χ4v) is 12.5. The van der Waals surface area contributed by atoms with E-state index in [4.69, 9.17) is 0 Å². The Hall–Kier alpha value is -7.24.